The van der Waals surface area contributed by atoms with Crippen LogP contribution in [0.4, 0.5) is 0 Å². The van der Waals surface area contributed by atoms with Gasteiger partial charge in [-0.15, -0.1) is 6.58 Å². The van der Waals surface area contributed by atoms with Crippen LogP contribution in [0.15, 0.2) is 36.9 Å². The van der Waals surface area contributed by atoms with E-state index in [2.05, 4.69) is 17.4 Å². The van der Waals surface area contributed by atoms with E-state index in [1.165, 1.54) is 12.7 Å². The van der Waals surface area contributed by atoms with E-state index in [-0.39, 0.29) is 5.97 Å². The molecule has 0 N–H and O–H groups in total. The summed E-state index contributed by atoms with van der Waals surface area (Å²) in [5, 5.41) is 0. The van der Waals surface area contributed by atoms with Gasteiger partial charge in [0.15, 0.2) is 0 Å². The van der Waals surface area contributed by atoms with E-state index in [0.717, 1.165) is 18.4 Å². The Balaban J connectivity index is 2.65. The van der Waals surface area contributed by atoms with Crippen LogP contribution in [0.25, 0.3) is 0 Å². The lowest BCUT2D eigenvalue weighted by atomic mass is 10.0. The predicted octanol–water partition coefficient (Wildman–Crippen LogP) is 2.52. The number of benzene rings is 1. The van der Waals surface area contributed by atoms with Crippen molar-refractivity contribution in [2.45, 2.75) is 19.3 Å². The molecule has 0 bridgehead atoms. The first-order valence-corrected chi connectivity index (χ1v) is 5.02. The first kappa shape index (κ1) is 11.5. The average molecular weight is 204 g/mol. The molecule has 2 nitrogen and oxygen atoms in total. The smallest absolute Gasteiger partial charge is 0.309 e. The lowest BCUT2D eigenvalue weighted by molar-refractivity contribution is -0.139. The van der Waals surface area contributed by atoms with Crippen LogP contribution in [0.5, 0.6) is 0 Å². The van der Waals surface area contributed by atoms with Gasteiger partial charge in [0.05, 0.1) is 13.5 Å². The molecule has 0 fully saturated rings. The number of aryl methyl sites for hydroxylation is 1. The molecule has 0 amide bonds. The Bertz CT molecular complexity index is 342. The van der Waals surface area contributed by atoms with Gasteiger partial charge < -0.3 is 4.74 Å². The molecule has 0 radical (unpaired) electrons. The fourth-order valence-corrected chi connectivity index (χ4v) is 1.40. The predicted molar refractivity (Wildman–Crippen MR) is 60.7 cm³/mol. The third kappa shape index (κ3) is 3.98. The lowest BCUT2D eigenvalue weighted by Gasteiger charge is -2.03. The summed E-state index contributed by atoms with van der Waals surface area (Å²) in [5.41, 5.74) is 2.24. The molecule has 0 saturated heterocycles. The van der Waals surface area contributed by atoms with E-state index in [0.29, 0.717) is 6.42 Å². The van der Waals surface area contributed by atoms with E-state index in [1.807, 2.05) is 24.3 Å². The van der Waals surface area contributed by atoms with Crippen molar-refractivity contribution in [1.29, 1.82) is 0 Å². The molecular formula is C13H16O2. The molecule has 1 aromatic carbocycles. The third-order valence-corrected chi connectivity index (χ3v) is 2.20. The number of methoxy groups -OCH3 is 1. The van der Waals surface area contributed by atoms with Crippen LogP contribution in [0.2, 0.25) is 0 Å². The molecule has 0 aliphatic rings. The zero-order valence-electron chi connectivity index (χ0n) is 9.03. The standard InChI is InChI=1S/C13H16O2/c1-3-4-6-11-7-5-8-12(9-11)10-13(14)15-2/h3,5,7-9H,1,4,6,10H2,2H3. The number of hydrogen-bond acceptors (Lipinski definition) is 2. The second-order valence-corrected chi connectivity index (χ2v) is 3.40. The molecule has 0 aliphatic heterocycles. The van der Waals surface area contributed by atoms with Crippen LogP contribution in [-0.4, -0.2) is 13.1 Å². The molecule has 2 heteroatoms. The van der Waals surface area contributed by atoms with E-state index < -0.39 is 0 Å². The maximum absolute atomic E-state index is 11.1. The van der Waals surface area contributed by atoms with Crippen LogP contribution in [0.1, 0.15) is 17.5 Å². The molecule has 1 aromatic rings. The van der Waals surface area contributed by atoms with Crippen LogP contribution >= 0.6 is 0 Å². The Morgan fingerprint density at radius 2 is 2.20 bits per heavy atom. The highest BCUT2D eigenvalue weighted by Crippen LogP contribution is 2.09. The van der Waals surface area contributed by atoms with E-state index in [4.69, 9.17) is 0 Å². The fraction of sp³-hybridized carbons (Fsp3) is 0.308. The number of allylic oxidation sites excluding steroid dienone is 1. The fourth-order valence-electron chi connectivity index (χ4n) is 1.40. The molecule has 15 heavy (non-hydrogen) atoms. The topological polar surface area (TPSA) is 26.3 Å². The van der Waals surface area contributed by atoms with Gasteiger partial charge in [-0.3, -0.25) is 4.79 Å². The quantitative estimate of drug-likeness (QED) is 0.544. The van der Waals surface area contributed by atoms with Gasteiger partial charge in [0.25, 0.3) is 0 Å². The van der Waals surface area contributed by atoms with E-state index in [1.54, 1.807) is 0 Å². The monoisotopic (exact) mass is 204 g/mol. The molecule has 0 atom stereocenters. The molecule has 0 aliphatic carbocycles. The summed E-state index contributed by atoms with van der Waals surface area (Å²) >= 11 is 0. The first-order valence-electron chi connectivity index (χ1n) is 5.02. The maximum atomic E-state index is 11.1. The summed E-state index contributed by atoms with van der Waals surface area (Å²) in [7, 11) is 1.41. The van der Waals surface area contributed by atoms with Crippen molar-refractivity contribution in [1.82, 2.24) is 0 Å². The summed E-state index contributed by atoms with van der Waals surface area (Å²) in [6.07, 6.45) is 4.17. The number of rotatable bonds is 5. The van der Waals surface area contributed by atoms with Crippen LogP contribution in [-0.2, 0) is 22.4 Å². The summed E-state index contributed by atoms with van der Waals surface area (Å²) in [6.45, 7) is 3.69. The minimum atomic E-state index is -0.198. The Hall–Kier alpha value is -1.57. The number of esters is 1. The second kappa shape index (κ2) is 6.02. The van der Waals surface area contributed by atoms with Crippen molar-refractivity contribution in [2.75, 3.05) is 7.11 Å². The zero-order valence-corrected chi connectivity index (χ0v) is 9.03. The van der Waals surface area contributed by atoms with Gasteiger partial charge in [0.2, 0.25) is 0 Å². The van der Waals surface area contributed by atoms with Crippen molar-refractivity contribution < 1.29 is 9.53 Å². The molecule has 0 spiro atoms. The summed E-state index contributed by atoms with van der Waals surface area (Å²) < 4.78 is 4.62. The van der Waals surface area contributed by atoms with E-state index in [9.17, 15) is 4.79 Å². The molecule has 80 valence electrons. The van der Waals surface area contributed by atoms with Crippen molar-refractivity contribution in [2.24, 2.45) is 0 Å². The molecule has 0 unspecified atom stereocenters. The minimum absolute atomic E-state index is 0.198. The Morgan fingerprint density at radius 3 is 2.87 bits per heavy atom. The van der Waals surface area contributed by atoms with Crippen molar-refractivity contribution in [3.8, 4) is 0 Å². The van der Waals surface area contributed by atoms with Gasteiger partial charge in [-0.05, 0) is 24.0 Å². The Morgan fingerprint density at radius 1 is 1.47 bits per heavy atom. The number of carbonyl (C=O) groups excluding carboxylic acids is 1. The van der Waals surface area contributed by atoms with Gasteiger partial charge in [-0.25, -0.2) is 0 Å². The lowest BCUT2D eigenvalue weighted by Crippen LogP contribution is -2.04. The van der Waals surface area contributed by atoms with Crippen LogP contribution in [0, 0.1) is 0 Å². The third-order valence-electron chi connectivity index (χ3n) is 2.20. The minimum Gasteiger partial charge on any atom is -0.469 e. The summed E-state index contributed by atoms with van der Waals surface area (Å²) in [5.74, 6) is -0.198. The highest BCUT2D eigenvalue weighted by molar-refractivity contribution is 5.72. The van der Waals surface area contributed by atoms with Gasteiger partial charge in [-0.1, -0.05) is 30.3 Å². The average Bonchev–Trinajstić information content (AvgIpc) is 2.26. The zero-order chi connectivity index (χ0) is 11.1. The summed E-state index contributed by atoms with van der Waals surface area (Å²) in [4.78, 5) is 11.1. The normalized spacial score (nSPS) is 9.67. The van der Waals surface area contributed by atoms with Gasteiger partial charge in [0.1, 0.15) is 0 Å². The van der Waals surface area contributed by atoms with Crippen LogP contribution in [0.3, 0.4) is 0 Å². The molecule has 0 aromatic heterocycles. The number of ether oxygens (including phenoxy) is 1. The van der Waals surface area contributed by atoms with Gasteiger partial charge in [0, 0.05) is 0 Å². The van der Waals surface area contributed by atoms with Gasteiger partial charge in [-0.2, -0.15) is 0 Å². The van der Waals surface area contributed by atoms with Crippen LogP contribution < -0.4 is 0 Å². The SMILES string of the molecule is C=CCCc1cccc(CC(=O)OC)c1. The van der Waals surface area contributed by atoms with Gasteiger partial charge >= 0.3 is 5.97 Å². The molecular weight excluding hydrogens is 188 g/mol. The maximum Gasteiger partial charge on any atom is 0.309 e. The highest BCUT2D eigenvalue weighted by atomic mass is 16.5. The van der Waals surface area contributed by atoms with Crippen molar-refractivity contribution in [3.63, 3.8) is 0 Å². The van der Waals surface area contributed by atoms with Crippen molar-refractivity contribution >= 4 is 5.97 Å². The molecule has 0 saturated carbocycles. The number of hydrogen-bond donors (Lipinski definition) is 0. The molecule has 1 rings (SSSR count). The first-order chi connectivity index (χ1) is 7.26. The Labute approximate surface area is 90.6 Å². The Kier molecular flexibility index (Phi) is 4.61. The second-order valence-electron chi connectivity index (χ2n) is 3.40. The van der Waals surface area contributed by atoms with Crippen molar-refractivity contribution in [3.05, 3.63) is 48.0 Å². The number of carbonyl (C=O) groups is 1. The van der Waals surface area contributed by atoms with E-state index >= 15 is 0 Å². The summed E-state index contributed by atoms with van der Waals surface area (Å²) in [6, 6.07) is 8.01. The molecule has 0 heterocycles. The largest absolute Gasteiger partial charge is 0.469 e. The highest BCUT2D eigenvalue weighted by Gasteiger charge is 2.02.